The SMILES string of the molecule is O=C(c1cccs1)C(O)CC(O)C(F)(F)F. The largest absolute Gasteiger partial charge is 0.414 e. The summed E-state index contributed by atoms with van der Waals surface area (Å²) in [5.74, 6) is -0.807. The summed E-state index contributed by atoms with van der Waals surface area (Å²) >= 11 is 1.02. The van der Waals surface area contributed by atoms with Crippen molar-refractivity contribution in [3.8, 4) is 0 Å². The van der Waals surface area contributed by atoms with E-state index in [0.29, 0.717) is 0 Å². The van der Waals surface area contributed by atoms with Gasteiger partial charge in [-0.2, -0.15) is 13.2 Å². The average Bonchev–Trinajstić information content (AvgIpc) is 2.67. The number of hydrogen-bond acceptors (Lipinski definition) is 4. The molecular formula is C9H9F3O3S. The molecule has 0 amide bonds. The normalized spacial score (nSPS) is 15.8. The first-order valence-corrected chi connectivity index (χ1v) is 5.21. The highest BCUT2D eigenvalue weighted by Crippen LogP contribution is 2.24. The fraction of sp³-hybridized carbons (Fsp3) is 0.444. The summed E-state index contributed by atoms with van der Waals surface area (Å²) in [6.45, 7) is 0. The number of carbonyl (C=O) groups excluding carboxylic acids is 1. The molecule has 2 unspecified atom stereocenters. The maximum atomic E-state index is 11.9. The van der Waals surface area contributed by atoms with Crippen LogP contribution in [0.25, 0.3) is 0 Å². The summed E-state index contributed by atoms with van der Waals surface area (Å²) in [6.07, 6.45) is -10.4. The van der Waals surface area contributed by atoms with Crippen molar-refractivity contribution in [2.24, 2.45) is 0 Å². The number of Topliss-reactive ketones (excluding diaryl/α,β-unsaturated/α-hetero) is 1. The van der Waals surface area contributed by atoms with Gasteiger partial charge in [0, 0.05) is 6.42 Å². The Morgan fingerprint density at radius 1 is 1.44 bits per heavy atom. The Morgan fingerprint density at radius 3 is 2.50 bits per heavy atom. The van der Waals surface area contributed by atoms with Crippen molar-refractivity contribution in [1.82, 2.24) is 0 Å². The molecule has 3 nitrogen and oxygen atoms in total. The van der Waals surface area contributed by atoms with Gasteiger partial charge in [0.2, 0.25) is 5.78 Å². The number of hydrogen-bond donors (Lipinski definition) is 2. The lowest BCUT2D eigenvalue weighted by Crippen LogP contribution is -2.35. The molecule has 1 aromatic heterocycles. The topological polar surface area (TPSA) is 57.5 Å². The average molecular weight is 254 g/mol. The third kappa shape index (κ3) is 3.29. The number of aliphatic hydroxyl groups is 2. The van der Waals surface area contributed by atoms with Crippen molar-refractivity contribution in [3.05, 3.63) is 22.4 Å². The van der Waals surface area contributed by atoms with E-state index >= 15 is 0 Å². The molecule has 0 aliphatic rings. The number of ketones is 1. The van der Waals surface area contributed by atoms with Gasteiger partial charge in [0.15, 0.2) is 6.10 Å². The van der Waals surface area contributed by atoms with Crippen LogP contribution in [0.4, 0.5) is 13.2 Å². The molecular weight excluding hydrogens is 245 g/mol. The summed E-state index contributed by atoms with van der Waals surface area (Å²) in [7, 11) is 0. The second-order valence-corrected chi connectivity index (χ2v) is 4.10. The molecule has 0 radical (unpaired) electrons. The summed E-state index contributed by atoms with van der Waals surface area (Å²) < 4.78 is 35.8. The van der Waals surface area contributed by atoms with E-state index in [2.05, 4.69) is 0 Å². The van der Waals surface area contributed by atoms with Crippen molar-refractivity contribution in [2.75, 3.05) is 0 Å². The number of halogens is 3. The Labute approximate surface area is 93.1 Å². The minimum Gasteiger partial charge on any atom is -0.385 e. The molecule has 0 fully saturated rings. The molecule has 2 atom stereocenters. The van der Waals surface area contributed by atoms with Crippen LogP contribution < -0.4 is 0 Å². The van der Waals surface area contributed by atoms with Gasteiger partial charge < -0.3 is 10.2 Å². The van der Waals surface area contributed by atoms with E-state index in [4.69, 9.17) is 5.11 Å². The molecule has 90 valence electrons. The summed E-state index contributed by atoms with van der Waals surface area (Å²) in [5.41, 5.74) is 0. The standard InChI is InChI=1S/C9H9F3O3S/c10-9(11,12)7(14)4-5(13)8(15)6-2-1-3-16-6/h1-3,5,7,13-14H,4H2. The fourth-order valence-electron chi connectivity index (χ4n) is 1.04. The molecule has 0 saturated carbocycles. The minimum absolute atomic E-state index is 0.168. The number of carbonyl (C=O) groups is 1. The molecule has 2 N–H and O–H groups in total. The smallest absolute Gasteiger partial charge is 0.385 e. The van der Waals surface area contributed by atoms with Crippen molar-refractivity contribution in [1.29, 1.82) is 0 Å². The van der Waals surface area contributed by atoms with Crippen molar-refractivity contribution in [3.63, 3.8) is 0 Å². The second-order valence-electron chi connectivity index (χ2n) is 3.15. The summed E-state index contributed by atoms with van der Waals surface area (Å²) in [6, 6.07) is 2.95. The van der Waals surface area contributed by atoms with Gasteiger partial charge >= 0.3 is 6.18 Å². The highest BCUT2D eigenvalue weighted by atomic mass is 32.1. The van der Waals surface area contributed by atoms with Crippen molar-refractivity contribution in [2.45, 2.75) is 24.8 Å². The van der Waals surface area contributed by atoms with Gasteiger partial charge in [-0.1, -0.05) is 6.07 Å². The van der Waals surface area contributed by atoms with Crippen LogP contribution in [-0.4, -0.2) is 34.4 Å². The van der Waals surface area contributed by atoms with Gasteiger partial charge in [0.1, 0.15) is 6.10 Å². The predicted octanol–water partition coefficient (Wildman–Crippen LogP) is 1.60. The lowest BCUT2D eigenvalue weighted by molar-refractivity contribution is -0.209. The number of rotatable bonds is 4. The molecule has 0 aromatic carbocycles. The van der Waals surface area contributed by atoms with Gasteiger partial charge in [0.25, 0.3) is 0 Å². The van der Waals surface area contributed by atoms with E-state index < -0.39 is 30.6 Å². The maximum absolute atomic E-state index is 11.9. The molecule has 0 bridgehead atoms. The van der Waals surface area contributed by atoms with E-state index in [1.54, 1.807) is 11.4 Å². The van der Waals surface area contributed by atoms with Crippen LogP contribution in [0.3, 0.4) is 0 Å². The number of thiophene rings is 1. The Kier molecular flexibility index (Phi) is 4.06. The quantitative estimate of drug-likeness (QED) is 0.802. The van der Waals surface area contributed by atoms with E-state index in [9.17, 15) is 23.1 Å². The van der Waals surface area contributed by atoms with E-state index in [-0.39, 0.29) is 4.88 Å². The molecule has 1 aromatic rings. The van der Waals surface area contributed by atoms with Gasteiger partial charge in [-0.25, -0.2) is 0 Å². The number of aliphatic hydroxyl groups excluding tert-OH is 2. The summed E-state index contributed by atoms with van der Waals surface area (Å²) in [5, 5.41) is 19.5. The van der Waals surface area contributed by atoms with E-state index in [0.717, 1.165) is 11.3 Å². The zero-order valence-electron chi connectivity index (χ0n) is 7.94. The van der Waals surface area contributed by atoms with E-state index in [1.165, 1.54) is 6.07 Å². The summed E-state index contributed by atoms with van der Waals surface area (Å²) in [4.78, 5) is 11.5. The first-order valence-electron chi connectivity index (χ1n) is 4.33. The minimum atomic E-state index is -4.82. The molecule has 0 aliphatic heterocycles. The molecule has 0 aliphatic carbocycles. The molecule has 1 heterocycles. The van der Waals surface area contributed by atoms with Crippen LogP contribution in [0, 0.1) is 0 Å². The monoisotopic (exact) mass is 254 g/mol. The van der Waals surface area contributed by atoms with Gasteiger partial charge in [-0.05, 0) is 11.4 Å². The van der Waals surface area contributed by atoms with Crippen LogP contribution in [0.2, 0.25) is 0 Å². The third-order valence-corrected chi connectivity index (χ3v) is 2.78. The van der Waals surface area contributed by atoms with Crippen LogP contribution in [0.1, 0.15) is 16.1 Å². The predicted molar refractivity (Wildman–Crippen MR) is 51.3 cm³/mol. The van der Waals surface area contributed by atoms with Crippen LogP contribution >= 0.6 is 11.3 Å². The van der Waals surface area contributed by atoms with Gasteiger partial charge in [0.05, 0.1) is 4.88 Å². The zero-order chi connectivity index (χ0) is 12.3. The van der Waals surface area contributed by atoms with Crippen molar-refractivity contribution >= 4 is 17.1 Å². The lowest BCUT2D eigenvalue weighted by atomic mass is 10.1. The molecule has 16 heavy (non-hydrogen) atoms. The third-order valence-electron chi connectivity index (χ3n) is 1.89. The first-order chi connectivity index (χ1) is 7.32. The number of alkyl halides is 3. The fourth-order valence-corrected chi connectivity index (χ4v) is 1.75. The Morgan fingerprint density at radius 2 is 2.06 bits per heavy atom. The molecule has 0 spiro atoms. The molecule has 7 heteroatoms. The maximum Gasteiger partial charge on any atom is 0.414 e. The highest BCUT2D eigenvalue weighted by Gasteiger charge is 2.40. The van der Waals surface area contributed by atoms with E-state index in [1.807, 2.05) is 0 Å². The Hall–Kier alpha value is -0.920. The van der Waals surface area contributed by atoms with Gasteiger partial charge in [-0.15, -0.1) is 11.3 Å². The van der Waals surface area contributed by atoms with Crippen LogP contribution in [-0.2, 0) is 0 Å². The first kappa shape index (κ1) is 13.1. The van der Waals surface area contributed by atoms with Crippen LogP contribution in [0.5, 0.6) is 0 Å². The van der Waals surface area contributed by atoms with Gasteiger partial charge in [-0.3, -0.25) is 4.79 Å². The van der Waals surface area contributed by atoms with Crippen molar-refractivity contribution < 1.29 is 28.2 Å². The Bertz CT molecular complexity index is 347. The highest BCUT2D eigenvalue weighted by molar-refractivity contribution is 7.12. The zero-order valence-corrected chi connectivity index (χ0v) is 8.76. The second kappa shape index (κ2) is 4.94. The Balaban J connectivity index is 2.60. The molecule has 1 rings (SSSR count). The molecule has 0 saturated heterocycles. The lowest BCUT2D eigenvalue weighted by Gasteiger charge is -2.16. The van der Waals surface area contributed by atoms with Crippen LogP contribution in [0.15, 0.2) is 17.5 Å².